The lowest BCUT2D eigenvalue weighted by Gasteiger charge is -2.19. The molecule has 0 aromatic rings. The molecule has 0 aliphatic carbocycles. The molecule has 0 bridgehead atoms. The van der Waals surface area contributed by atoms with Crippen LogP contribution in [0.4, 0.5) is 0 Å². The van der Waals surface area contributed by atoms with E-state index in [1.807, 2.05) is 13.8 Å². The summed E-state index contributed by atoms with van der Waals surface area (Å²) in [5, 5.41) is 2.64. The van der Waals surface area contributed by atoms with Gasteiger partial charge in [0.25, 0.3) is 0 Å². The molecule has 122 valence electrons. The molecule has 0 fully saturated rings. The number of rotatable bonds is 8. The van der Waals surface area contributed by atoms with Crippen LogP contribution in [0.1, 0.15) is 53.9 Å². The first kappa shape index (κ1) is 19.4. The van der Waals surface area contributed by atoms with Gasteiger partial charge in [-0.2, -0.15) is 0 Å². The highest BCUT2D eigenvalue weighted by Gasteiger charge is 2.17. The van der Waals surface area contributed by atoms with E-state index in [-0.39, 0.29) is 31.1 Å². The van der Waals surface area contributed by atoms with Gasteiger partial charge in [-0.05, 0) is 34.6 Å². The molecule has 1 N–H and O–H groups in total. The maximum absolute atomic E-state index is 11.7. The van der Waals surface area contributed by atoms with E-state index in [1.165, 1.54) is 0 Å². The van der Waals surface area contributed by atoms with Crippen LogP contribution in [0.25, 0.3) is 0 Å². The van der Waals surface area contributed by atoms with E-state index in [0.717, 1.165) is 0 Å². The number of carbonyl (C=O) groups is 3. The lowest BCUT2D eigenvalue weighted by Crippen LogP contribution is -2.34. The lowest BCUT2D eigenvalue weighted by molar-refractivity contribution is -0.155. The zero-order valence-electron chi connectivity index (χ0n) is 13.8. The Morgan fingerprint density at radius 2 is 1.57 bits per heavy atom. The van der Waals surface area contributed by atoms with Gasteiger partial charge in [0.2, 0.25) is 11.8 Å². The van der Waals surface area contributed by atoms with Crippen LogP contribution in [0, 0.1) is 0 Å². The Morgan fingerprint density at radius 3 is 2.05 bits per heavy atom. The molecular weight excluding hydrogens is 272 g/mol. The minimum absolute atomic E-state index is 0.0208. The van der Waals surface area contributed by atoms with E-state index in [9.17, 15) is 14.4 Å². The third-order valence-electron chi connectivity index (χ3n) is 2.75. The largest absolute Gasteiger partial charge is 0.460 e. The Hall–Kier alpha value is -1.59. The van der Waals surface area contributed by atoms with Crippen LogP contribution < -0.4 is 5.32 Å². The fraction of sp³-hybridized carbons (Fsp3) is 0.800. The average Bonchev–Trinajstić information content (AvgIpc) is 2.36. The number of carbonyl (C=O) groups excluding carboxylic acids is 3. The van der Waals surface area contributed by atoms with Crippen LogP contribution in [-0.2, 0) is 19.1 Å². The topological polar surface area (TPSA) is 75.7 Å². The van der Waals surface area contributed by atoms with Gasteiger partial charge >= 0.3 is 5.97 Å². The minimum atomic E-state index is -0.538. The van der Waals surface area contributed by atoms with Crippen molar-refractivity contribution in [1.82, 2.24) is 10.2 Å². The summed E-state index contributed by atoms with van der Waals surface area (Å²) in [6.07, 6.45) is 0.404. The Morgan fingerprint density at radius 1 is 1.00 bits per heavy atom. The van der Waals surface area contributed by atoms with Crippen molar-refractivity contribution in [3.63, 3.8) is 0 Å². The highest BCUT2D eigenvalue weighted by Crippen LogP contribution is 2.08. The SMILES string of the molecule is CCN(CC)C(=O)CCNC(=O)CCC(=O)OC(C)(C)C. The van der Waals surface area contributed by atoms with Crippen molar-refractivity contribution in [2.24, 2.45) is 0 Å². The molecule has 0 aliphatic rings. The second kappa shape index (κ2) is 9.37. The standard InChI is InChI=1S/C15H28N2O4/c1-6-17(7-2)13(19)10-11-16-12(18)8-9-14(20)21-15(3,4)5/h6-11H2,1-5H3,(H,16,18). The Labute approximate surface area is 127 Å². The van der Waals surface area contributed by atoms with Gasteiger partial charge in [-0.25, -0.2) is 0 Å². The van der Waals surface area contributed by atoms with Crippen molar-refractivity contribution in [1.29, 1.82) is 0 Å². The molecule has 0 aromatic heterocycles. The quantitative estimate of drug-likeness (QED) is 0.689. The highest BCUT2D eigenvalue weighted by molar-refractivity contribution is 5.82. The maximum Gasteiger partial charge on any atom is 0.306 e. The molecule has 0 spiro atoms. The fourth-order valence-corrected chi connectivity index (χ4v) is 1.74. The average molecular weight is 300 g/mol. The van der Waals surface area contributed by atoms with Crippen LogP contribution in [0.3, 0.4) is 0 Å². The number of amides is 2. The number of nitrogens with one attached hydrogen (secondary N) is 1. The van der Waals surface area contributed by atoms with Crippen LogP contribution in [0.15, 0.2) is 0 Å². The smallest absolute Gasteiger partial charge is 0.306 e. The van der Waals surface area contributed by atoms with Crippen LogP contribution in [-0.4, -0.2) is 47.9 Å². The Bertz CT molecular complexity index is 357. The molecule has 6 nitrogen and oxygen atoms in total. The first-order valence-corrected chi connectivity index (χ1v) is 7.46. The third kappa shape index (κ3) is 9.87. The Balaban J connectivity index is 3.86. The van der Waals surface area contributed by atoms with Gasteiger partial charge in [-0.15, -0.1) is 0 Å². The molecule has 0 aliphatic heterocycles. The van der Waals surface area contributed by atoms with Gasteiger partial charge in [0.05, 0.1) is 6.42 Å². The number of ether oxygens (including phenoxy) is 1. The number of hydrogen-bond donors (Lipinski definition) is 1. The van der Waals surface area contributed by atoms with E-state index in [2.05, 4.69) is 5.32 Å². The fourth-order valence-electron chi connectivity index (χ4n) is 1.74. The van der Waals surface area contributed by atoms with Crippen LogP contribution >= 0.6 is 0 Å². The predicted molar refractivity (Wildman–Crippen MR) is 80.6 cm³/mol. The molecule has 0 radical (unpaired) electrons. The van der Waals surface area contributed by atoms with Crippen molar-refractivity contribution in [3.05, 3.63) is 0 Å². The summed E-state index contributed by atoms with van der Waals surface area (Å²) in [5.74, 6) is -0.613. The summed E-state index contributed by atoms with van der Waals surface area (Å²) in [5.41, 5.74) is -0.538. The molecule has 0 unspecified atom stereocenters. The molecule has 0 rings (SSSR count). The summed E-state index contributed by atoms with van der Waals surface area (Å²) in [4.78, 5) is 36.4. The summed E-state index contributed by atoms with van der Waals surface area (Å²) < 4.78 is 5.11. The number of hydrogen-bond acceptors (Lipinski definition) is 4. The molecule has 21 heavy (non-hydrogen) atoms. The van der Waals surface area contributed by atoms with E-state index < -0.39 is 11.6 Å². The normalized spacial score (nSPS) is 10.9. The van der Waals surface area contributed by atoms with Crippen molar-refractivity contribution in [2.75, 3.05) is 19.6 Å². The van der Waals surface area contributed by atoms with Gasteiger partial charge in [-0.3, -0.25) is 14.4 Å². The maximum atomic E-state index is 11.7. The van der Waals surface area contributed by atoms with Gasteiger partial charge in [0, 0.05) is 32.5 Å². The second-order valence-electron chi connectivity index (χ2n) is 5.75. The molecule has 0 heterocycles. The predicted octanol–water partition coefficient (Wildman–Crippen LogP) is 1.48. The summed E-state index contributed by atoms with van der Waals surface area (Å²) in [7, 11) is 0. The van der Waals surface area contributed by atoms with Gasteiger partial charge in [0.15, 0.2) is 0 Å². The number of esters is 1. The second-order valence-corrected chi connectivity index (χ2v) is 5.75. The van der Waals surface area contributed by atoms with E-state index in [4.69, 9.17) is 4.74 Å². The zero-order valence-corrected chi connectivity index (χ0v) is 13.8. The van der Waals surface area contributed by atoms with E-state index in [0.29, 0.717) is 19.6 Å². The summed E-state index contributed by atoms with van der Waals surface area (Å²) >= 11 is 0. The summed E-state index contributed by atoms with van der Waals surface area (Å²) in [6, 6.07) is 0. The Kier molecular flexibility index (Phi) is 8.66. The first-order chi connectivity index (χ1) is 9.69. The number of nitrogens with zero attached hydrogens (tertiary/aromatic N) is 1. The molecule has 2 amide bonds. The zero-order chi connectivity index (χ0) is 16.5. The monoisotopic (exact) mass is 300 g/mol. The highest BCUT2D eigenvalue weighted by atomic mass is 16.6. The van der Waals surface area contributed by atoms with Crippen molar-refractivity contribution >= 4 is 17.8 Å². The molecule has 0 atom stereocenters. The molecule has 0 saturated heterocycles. The van der Waals surface area contributed by atoms with Gasteiger partial charge < -0.3 is 15.0 Å². The van der Waals surface area contributed by atoms with Crippen molar-refractivity contribution in [2.45, 2.75) is 59.5 Å². The molecule has 0 saturated carbocycles. The summed E-state index contributed by atoms with van der Waals surface area (Å²) in [6.45, 7) is 10.8. The van der Waals surface area contributed by atoms with Gasteiger partial charge in [-0.1, -0.05) is 0 Å². The lowest BCUT2D eigenvalue weighted by atomic mass is 10.2. The molecule has 6 heteroatoms. The third-order valence-corrected chi connectivity index (χ3v) is 2.75. The van der Waals surface area contributed by atoms with Crippen molar-refractivity contribution < 1.29 is 19.1 Å². The van der Waals surface area contributed by atoms with Crippen molar-refractivity contribution in [3.8, 4) is 0 Å². The van der Waals surface area contributed by atoms with Crippen LogP contribution in [0.5, 0.6) is 0 Å². The van der Waals surface area contributed by atoms with E-state index in [1.54, 1.807) is 25.7 Å². The van der Waals surface area contributed by atoms with E-state index >= 15 is 0 Å². The van der Waals surface area contributed by atoms with Gasteiger partial charge in [0.1, 0.15) is 5.60 Å². The molecule has 0 aromatic carbocycles. The first-order valence-electron chi connectivity index (χ1n) is 7.46. The molecular formula is C15H28N2O4. The minimum Gasteiger partial charge on any atom is -0.460 e. The van der Waals surface area contributed by atoms with Crippen LogP contribution in [0.2, 0.25) is 0 Å².